The van der Waals surface area contributed by atoms with Gasteiger partial charge in [0, 0.05) is 11.3 Å². The quantitative estimate of drug-likeness (QED) is 0.876. The fourth-order valence-electron chi connectivity index (χ4n) is 1.47. The van der Waals surface area contributed by atoms with Crippen molar-refractivity contribution in [1.82, 2.24) is 4.98 Å². The summed E-state index contributed by atoms with van der Waals surface area (Å²) in [7, 11) is 0. The Labute approximate surface area is 95.7 Å². The largest absolute Gasteiger partial charge is 0.375 e. The maximum atomic E-state index is 13.4. The molecule has 0 radical (unpaired) electrons. The molecule has 0 aliphatic heterocycles. The van der Waals surface area contributed by atoms with Crippen LogP contribution in [-0.2, 0) is 6.42 Å². The predicted octanol–water partition coefficient (Wildman–Crippen LogP) is 2.90. The summed E-state index contributed by atoms with van der Waals surface area (Å²) < 4.78 is 26.3. The number of halogens is 2. The molecule has 0 bridgehead atoms. The Morgan fingerprint density at radius 3 is 2.75 bits per heavy atom. The van der Waals surface area contributed by atoms with Gasteiger partial charge >= 0.3 is 0 Å². The molecule has 1 aromatic carbocycles. The minimum atomic E-state index is -0.438. The predicted molar refractivity (Wildman–Crippen MR) is 60.4 cm³/mol. The Kier molecular flexibility index (Phi) is 2.87. The summed E-state index contributed by atoms with van der Waals surface area (Å²) in [6, 6.07) is 3.43. The minimum absolute atomic E-state index is 0.324. The number of anilines is 1. The lowest BCUT2D eigenvalue weighted by atomic mass is 10.1. The van der Waals surface area contributed by atoms with Crippen LogP contribution in [0.1, 0.15) is 16.1 Å². The third-order valence-electron chi connectivity index (χ3n) is 2.27. The lowest BCUT2D eigenvalue weighted by molar-refractivity contribution is 0.589. The summed E-state index contributed by atoms with van der Waals surface area (Å²) in [6.07, 6.45) is 0.324. The number of nitrogens with two attached hydrogens (primary N) is 1. The van der Waals surface area contributed by atoms with Crippen LogP contribution in [0.5, 0.6) is 0 Å². The van der Waals surface area contributed by atoms with Crippen molar-refractivity contribution in [1.29, 1.82) is 0 Å². The second kappa shape index (κ2) is 4.17. The number of aromatic nitrogens is 1. The van der Waals surface area contributed by atoms with Gasteiger partial charge in [-0.1, -0.05) is 0 Å². The van der Waals surface area contributed by atoms with Crippen LogP contribution in [0.3, 0.4) is 0 Å². The Hall–Kier alpha value is -1.49. The SMILES string of the molecule is Cc1nc(N)sc1Cc1cc(F)ccc1F. The van der Waals surface area contributed by atoms with Gasteiger partial charge in [0.25, 0.3) is 0 Å². The summed E-state index contributed by atoms with van der Waals surface area (Å²) in [5.41, 5.74) is 6.64. The summed E-state index contributed by atoms with van der Waals surface area (Å²) in [6.45, 7) is 1.80. The summed E-state index contributed by atoms with van der Waals surface area (Å²) >= 11 is 1.30. The average Bonchev–Trinajstić information content (AvgIpc) is 2.51. The Morgan fingerprint density at radius 1 is 1.38 bits per heavy atom. The molecule has 0 saturated carbocycles. The number of rotatable bonds is 2. The lowest BCUT2D eigenvalue weighted by Crippen LogP contribution is -1.93. The number of hydrogen-bond acceptors (Lipinski definition) is 3. The Bertz CT molecular complexity index is 523. The van der Waals surface area contributed by atoms with E-state index in [0.717, 1.165) is 22.7 Å². The fraction of sp³-hybridized carbons (Fsp3) is 0.182. The van der Waals surface area contributed by atoms with Gasteiger partial charge in [-0.25, -0.2) is 13.8 Å². The molecule has 5 heteroatoms. The van der Waals surface area contributed by atoms with Gasteiger partial charge in [-0.15, -0.1) is 11.3 Å². The van der Waals surface area contributed by atoms with Crippen molar-refractivity contribution >= 4 is 16.5 Å². The van der Waals surface area contributed by atoms with Crippen molar-refractivity contribution in [3.63, 3.8) is 0 Å². The van der Waals surface area contributed by atoms with Gasteiger partial charge in [0.05, 0.1) is 5.69 Å². The van der Waals surface area contributed by atoms with Crippen LogP contribution in [0.15, 0.2) is 18.2 Å². The highest BCUT2D eigenvalue weighted by molar-refractivity contribution is 7.15. The molecule has 2 nitrogen and oxygen atoms in total. The molecule has 84 valence electrons. The molecule has 2 rings (SSSR count). The van der Waals surface area contributed by atoms with E-state index in [1.54, 1.807) is 6.92 Å². The first-order chi connectivity index (χ1) is 7.56. The third kappa shape index (κ3) is 2.19. The maximum Gasteiger partial charge on any atom is 0.180 e. The van der Waals surface area contributed by atoms with E-state index >= 15 is 0 Å². The molecule has 0 atom stereocenters. The zero-order valence-electron chi connectivity index (χ0n) is 8.63. The van der Waals surface area contributed by atoms with E-state index in [-0.39, 0.29) is 0 Å². The van der Waals surface area contributed by atoms with E-state index < -0.39 is 11.6 Å². The lowest BCUT2D eigenvalue weighted by Gasteiger charge is -2.01. The van der Waals surface area contributed by atoms with Crippen molar-refractivity contribution in [2.45, 2.75) is 13.3 Å². The second-order valence-corrected chi connectivity index (χ2v) is 4.59. The standard InChI is InChI=1S/C11H10F2N2S/c1-6-10(16-11(14)15-6)5-7-4-8(12)2-3-9(7)13/h2-4H,5H2,1H3,(H2,14,15). The fourth-order valence-corrected chi connectivity index (χ4v) is 2.32. The second-order valence-electron chi connectivity index (χ2n) is 3.47. The first-order valence-electron chi connectivity index (χ1n) is 4.72. The monoisotopic (exact) mass is 240 g/mol. The van der Waals surface area contributed by atoms with Crippen LogP contribution in [0.2, 0.25) is 0 Å². The first-order valence-corrected chi connectivity index (χ1v) is 5.53. The van der Waals surface area contributed by atoms with Crippen LogP contribution >= 0.6 is 11.3 Å². The smallest absolute Gasteiger partial charge is 0.180 e. The van der Waals surface area contributed by atoms with Crippen LogP contribution in [0.4, 0.5) is 13.9 Å². The van der Waals surface area contributed by atoms with Gasteiger partial charge in [0.2, 0.25) is 0 Å². The van der Waals surface area contributed by atoms with Gasteiger partial charge in [-0.2, -0.15) is 0 Å². The normalized spacial score (nSPS) is 10.7. The minimum Gasteiger partial charge on any atom is -0.375 e. The molecule has 0 aliphatic carbocycles. The van der Waals surface area contributed by atoms with E-state index in [4.69, 9.17) is 5.73 Å². The van der Waals surface area contributed by atoms with Gasteiger partial charge in [0.1, 0.15) is 11.6 Å². The molecular formula is C11H10F2N2S. The number of hydrogen-bond donors (Lipinski definition) is 1. The van der Waals surface area contributed by atoms with Gasteiger partial charge in [0.15, 0.2) is 5.13 Å². The number of nitrogens with zero attached hydrogens (tertiary/aromatic N) is 1. The van der Waals surface area contributed by atoms with E-state index in [1.165, 1.54) is 17.4 Å². The van der Waals surface area contributed by atoms with Crippen LogP contribution < -0.4 is 5.73 Å². The molecule has 2 N–H and O–H groups in total. The highest BCUT2D eigenvalue weighted by Gasteiger charge is 2.10. The zero-order valence-corrected chi connectivity index (χ0v) is 9.44. The van der Waals surface area contributed by atoms with Gasteiger partial charge in [-0.3, -0.25) is 0 Å². The maximum absolute atomic E-state index is 13.4. The number of nitrogen functional groups attached to an aromatic ring is 1. The molecule has 1 aromatic heterocycles. The molecule has 0 spiro atoms. The van der Waals surface area contributed by atoms with Crippen LogP contribution in [0, 0.1) is 18.6 Å². The van der Waals surface area contributed by atoms with Crippen molar-refractivity contribution in [3.8, 4) is 0 Å². The number of benzene rings is 1. The average molecular weight is 240 g/mol. The number of thiazole rings is 1. The van der Waals surface area contributed by atoms with Crippen LogP contribution in [-0.4, -0.2) is 4.98 Å². The summed E-state index contributed by atoms with van der Waals surface area (Å²) in [5, 5.41) is 0.448. The molecule has 0 unspecified atom stereocenters. The van der Waals surface area contributed by atoms with E-state index in [0.29, 0.717) is 17.1 Å². The van der Waals surface area contributed by atoms with Crippen molar-refractivity contribution in [2.24, 2.45) is 0 Å². The molecule has 0 saturated heterocycles. The van der Waals surface area contributed by atoms with Crippen molar-refractivity contribution in [2.75, 3.05) is 5.73 Å². The van der Waals surface area contributed by atoms with Crippen LogP contribution in [0.25, 0.3) is 0 Å². The Morgan fingerprint density at radius 2 is 2.12 bits per heavy atom. The highest BCUT2D eigenvalue weighted by atomic mass is 32.1. The van der Waals surface area contributed by atoms with Gasteiger partial charge < -0.3 is 5.73 Å². The summed E-state index contributed by atoms with van der Waals surface area (Å²) in [5.74, 6) is -0.848. The van der Waals surface area contributed by atoms with E-state index in [1.807, 2.05) is 0 Å². The molecule has 0 amide bonds. The molecule has 0 aliphatic rings. The highest BCUT2D eigenvalue weighted by Crippen LogP contribution is 2.24. The van der Waals surface area contributed by atoms with Crippen molar-refractivity contribution in [3.05, 3.63) is 46.0 Å². The molecule has 2 aromatic rings. The zero-order chi connectivity index (χ0) is 11.7. The topological polar surface area (TPSA) is 38.9 Å². The molecule has 1 heterocycles. The summed E-state index contributed by atoms with van der Waals surface area (Å²) in [4.78, 5) is 4.90. The third-order valence-corrected chi connectivity index (χ3v) is 3.25. The molecule has 0 fully saturated rings. The van der Waals surface area contributed by atoms with Gasteiger partial charge in [-0.05, 0) is 30.7 Å². The van der Waals surface area contributed by atoms with E-state index in [9.17, 15) is 8.78 Å². The van der Waals surface area contributed by atoms with E-state index in [2.05, 4.69) is 4.98 Å². The first kappa shape index (κ1) is 11.0. The Balaban J connectivity index is 2.33. The molecular weight excluding hydrogens is 230 g/mol. The van der Waals surface area contributed by atoms with Crippen molar-refractivity contribution < 1.29 is 8.78 Å². The number of aryl methyl sites for hydroxylation is 1. The molecule has 16 heavy (non-hydrogen) atoms.